The zero-order chi connectivity index (χ0) is 17.4. The molecule has 5 heteroatoms. The summed E-state index contributed by atoms with van der Waals surface area (Å²) in [4.78, 5) is 21.5. The maximum absolute atomic E-state index is 12.9. The molecule has 0 saturated carbocycles. The van der Waals surface area contributed by atoms with E-state index in [9.17, 15) is 4.79 Å². The molecule has 2 atom stereocenters. The Kier molecular flexibility index (Phi) is 4.17. The van der Waals surface area contributed by atoms with E-state index >= 15 is 0 Å². The monoisotopic (exact) mass is 337 g/mol. The summed E-state index contributed by atoms with van der Waals surface area (Å²) in [5.41, 5.74) is 2.89. The highest BCUT2D eigenvalue weighted by atomic mass is 16.5. The van der Waals surface area contributed by atoms with Gasteiger partial charge in [0.2, 0.25) is 0 Å². The van der Waals surface area contributed by atoms with Gasteiger partial charge < -0.3 is 14.5 Å². The second kappa shape index (κ2) is 6.48. The molecule has 0 aliphatic carbocycles. The van der Waals surface area contributed by atoms with E-state index < -0.39 is 0 Å². The Bertz CT molecular complexity index is 765. The van der Waals surface area contributed by atoms with Crippen molar-refractivity contribution in [3.8, 4) is 0 Å². The van der Waals surface area contributed by atoms with Gasteiger partial charge in [0.15, 0.2) is 0 Å². The molecule has 0 unspecified atom stereocenters. The van der Waals surface area contributed by atoms with E-state index in [-0.39, 0.29) is 18.1 Å². The average molecular weight is 337 g/mol. The lowest BCUT2D eigenvalue weighted by molar-refractivity contribution is -0.00546. The summed E-state index contributed by atoms with van der Waals surface area (Å²) in [6.07, 6.45) is 2.99. The molecule has 1 saturated heterocycles. The number of fused-ring (bicyclic) bond motifs is 1. The minimum Gasteiger partial charge on any atom is -0.372 e. The molecule has 0 N–H and O–H groups in total. The normalized spacial score (nSPS) is 22.8. The lowest BCUT2D eigenvalue weighted by Crippen LogP contribution is -2.45. The molecule has 0 spiro atoms. The summed E-state index contributed by atoms with van der Waals surface area (Å²) in [6, 6.07) is 11.9. The van der Waals surface area contributed by atoms with Gasteiger partial charge in [0.1, 0.15) is 5.82 Å². The number of nitrogens with zero attached hydrogens (tertiary/aromatic N) is 3. The number of hydrogen-bond donors (Lipinski definition) is 0. The van der Waals surface area contributed by atoms with Gasteiger partial charge in [-0.15, -0.1) is 0 Å². The zero-order valence-electron chi connectivity index (χ0n) is 14.7. The standard InChI is InChI=1S/C20H23N3O2/c1-14-12-22(13-15(2)25-14)19-8-7-17(11-21-19)20(24)23-10-9-16-5-3-4-6-18(16)23/h3-8,11,14-15H,9-10,12-13H2,1-2H3/t14-,15-/m1/s1. The van der Waals surface area contributed by atoms with Crippen molar-refractivity contribution in [3.05, 3.63) is 53.7 Å². The molecule has 130 valence electrons. The van der Waals surface area contributed by atoms with Crippen LogP contribution < -0.4 is 9.80 Å². The van der Waals surface area contributed by atoms with Gasteiger partial charge in [0.05, 0.1) is 17.8 Å². The van der Waals surface area contributed by atoms with Gasteiger partial charge in [0, 0.05) is 31.5 Å². The zero-order valence-corrected chi connectivity index (χ0v) is 14.7. The van der Waals surface area contributed by atoms with Crippen LogP contribution >= 0.6 is 0 Å². The van der Waals surface area contributed by atoms with Gasteiger partial charge in [-0.1, -0.05) is 18.2 Å². The largest absolute Gasteiger partial charge is 0.372 e. The Morgan fingerprint density at radius 2 is 1.88 bits per heavy atom. The molecule has 1 amide bonds. The Morgan fingerprint density at radius 3 is 2.60 bits per heavy atom. The molecule has 1 fully saturated rings. The number of carbonyl (C=O) groups excluding carboxylic acids is 1. The van der Waals surface area contributed by atoms with Crippen LogP contribution in [0.25, 0.3) is 0 Å². The number of carbonyl (C=O) groups is 1. The topological polar surface area (TPSA) is 45.7 Å². The predicted octanol–water partition coefficient (Wildman–Crippen LogP) is 2.90. The van der Waals surface area contributed by atoms with Gasteiger partial charge in [0.25, 0.3) is 5.91 Å². The Hall–Kier alpha value is -2.40. The summed E-state index contributed by atoms with van der Waals surface area (Å²) in [6.45, 7) is 6.53. The van der Waals surface area contributed by atoms with Gasteiger partial charge in [-0.2, -0.15) is 0 Å². The summed E-state index contributed by atoms with van der Waals surface area (Å²) in [7, 11) is 0. The van der Waals surface area contributed by atoms with E-state index in [0.29, 0.717) is 5.56 Å². The number of para-hydroxylation sites is 1. The van der Waals surface area contributed by atoms with E-state index in [1.807, 2.05) is 35.2 Å². The molecule has 3 heterocycles. The van der Waals surface area contributed by atoms with E-state index in [1.54, 1.807) is 6.20 Å². The quantitative estimate of drug-likeness (QED) is 0.845. The molecule has 1 aromatic heterocycles. The number of anilines is 2. The van der Waals surface area contributed by atoms with Crippen molar-refractivity contribution >= 4 is 17.4 Å². The molecular formula is C20H23N3O2. The van der Waals surface area contributed by atoms with Crippen molar-refractivity contribution in [2.24, 2.45) is 0 Å². The Morgan fingerprint density at radius 1 is 1.12 bits per heavy atom. The van der Waals surface area contributed by atoms with Crippen molar-refractivity contribution in [2.45, 2.75) is 32.5 Å². The third-order valence-electron chi connectivity index (χ3n) is 4.87. The molecule has 2 aliphatic rings. The first-order chi connectivity index (χ1) is 12.1. The van der Waals surface area contributed by atoms with Crippen LogP contribution in [0.5, 0.6) is 0 Å². The number of hydrogen-bond acceptors (Lipinski definition) is 4. The van der Waals surface area contributed by atoms with Gasteiger partial charge in [-0.3, -0.25) is 4.79 Å². The maximum atomic E-state index is 12.9. The number of amides is 1. The van der Waals surface area contributed by atoms with Gasteiger partial charge in [-0.25, -0.2) is 4.98 Å². The van der Waals surface area contributed by atoms with Crippen LogP contribution in [-0.2, 0) is 11.2 Å². The first-order valence-corrected chi connectivity index (χ1v) is 8.88. The number of rotatable bonds is 2. The molecule has 1 aromatic carbocycles. The first-order valence-electron chi connectivity index (χ1n) is 8.88. The second-order valence-electron chi connectivity index (χ2n) is 6.90. The summed E-state index contributed by atoms with van der Waals surface area (Å²) in [5.74, 6) is 0.924. The molecular weight excluding hydrogens is 314 g/mol. The van der Waals surface area contributed by atoms with Crippen LogP contribution in [0.3, 0.4) is 0 Å². The minimum atomic E-state index is 0.0210. The SMILES string of the molecule is C[C@@H]1CN(c2ccc(C(=O)N3CCc4ccccc43)cn2)C[C@@H](C)O1. The number of pyridine rings is 1. The molecule has 0 radical (unpaired) electrons. The minimum absolute atomic E-state index is 0.0210. The number of benzene rings is 1. The number of aromatic nitrogens is 1. The molecule has 0 bridgehead atoms. The van der Waals surface area contributed by atoms with Crippen molar-refractivity contribution in [1.82, 2.24) is 4.98 Å². The number of ether oxygens (including phenoxy) is 1. The Balaban J connectivity index is 1.52. The number of morpholine rings is 1. The van der Waals surface area contributed by atoms with Crippen molar-refractivity contribution in [1.29, 1.82) is 0 Å². The van der Waals surface area contributed by atoms with Crippen LogP contribution in [0.1, 0.15) is 29.8 Å². The van der Waals surface area contributed by atoms with Gasteiger partial charge >= 0.3 is 0 Å². The van der Waals surface area contributed by atoms with E-state index in [4.69, 9.17) is 4.74 Å². The van der Waals surface area contributed by atoms with Crippen LogP contribution in [0, 0.1) is 0 Å². The smallest absolute Gasteiger partial charge is 0.259 e. The highest BCUT2D eigenvalue weighted by Crippen LogP contribution is 2.29. The lowest BCUT2D eigenvalue weighted by Gasteiger charge is -2.36. The molecule has 4 rings (SSSR count). The summed E-state index contributed by atoms with van der Waals surface area (Å²) >= 11 is 0. The third-order valence-corrected chi connectivity index (χ3v) is 4.87. The van der Waals surface area contributed by atoms with Crippen LogP contribution in [0.15, 0.2) is 42.6 Å². The lowest BCUT2D eigenvalue weighted by atomic mass is 10.2. The van der Waals surface area contributed by atoms with Crippen LogP contribution in [-0.4, -0.2) is 42.7 Å². The molecule has 2 aromatic rings. The van der Waals surface area contributed by atoms with E-state index in [1.165, 1.54) is 5.56 Å². The van der Waals surface area contributed by atoms with Crippen molar-refractivity contribution in [3.63, 3.8) is 0 Å². The third kappa shape index (κ3) is 3.12. The predicted molar refractivity (Wildman–Crippen MR) is 98.3 cm³/mol. The van der Waals surface area contributed by atoms with E-state index in [2.05, 4.69) is 29.8 Å². The maximum Gasteiger partial charge on any atom is 0.259 e. The first kappa shape index (κ1) is 16.1. The molecule has 5 nitrogen and oxygen atoms in total. The van der Waals surface area contributed by atoms with Crippen LogP contribution in [0.2, 0.25) is 0 Å². The fraction of sp³-hybridized carbons (Fsp3) is 0.400. The van der Waals surface area contributed by atoms with Crippen LogP contribution in [0.4, 0.5) is 11.5 Å². The molecule has 2 aliphatic heterocycles. The summed E-state index contributed by atoms with van der Waals surface area (Å²) < 4.78 is 5.77. The van der Waals surface area contributed by atoms with Gasteiger partial charge in [-0.05, 0) is 44.0 Å². The highest BCUT2D eigenvalue weighted by molar-refractivity contribution is 6.07. The van der Waals surface area contributed by atoms with E-state index in [0.717, 1.165) is 37.6 Å². The highest BCUT2D eigenvalue weighted by Gasteiger charge is 2.26. The Labute approximate surface area is 148 Å². The summed E-state index contributed by atoms with van der Waals surface area (Å²) in [5, 5.41) is 0. The molecule has 25 heavy (non-hydrogen) atoms. The van der Waals surface area contributed by atoms with Crippen molar-refractivity contribution in [2.75, 3.05) is 29.4 Å². The average Bonchev–Trinajstić information content (AvgIpc) is 3.04. The fourth-order valence-corrected chi connectivity index (χ4v) is 3.77. The van der Waals surface area contributed by atoms with Crippen molar-refractivity contribution < 1.29 is 9.53 Å². The fourth-order valence-electron chi connectivity index (χ4n) is 3.77. The second-order valence-corrected chi connectivity index (χ2v) is 6.90.